The Bertz CT molecular complexity index is 721. The van der Waals surface area contributed by atoms with Crippen LogP contribution in [0.5, 0.6) is 0 Å². The van der Waals surface area contributed by atoms with Gasteiger partial charge in [0.1, 0.15) is 0 Å². The lowest BCUT2D eigenvalue weighted by Crippen LogP contribution is -2.44. The van der Waals surface area contributed by atoms with Crippen LogP contribution in [0.4, 0.5) is 5.69 Å². The monoisotopic (exact) mass is 406 g/mol. The van der Waals surface area contributed by atoms with Crippen LogP contribution in [0, 0.1) is 5.41 Å². The number of para-hydroxylation sites is 1. The second-order valence-corrected chi connectivity index (χ2v) is 9.14. The molecule has 0 aromatic heterocycles. The lowest BCUT2D eigenvalue weighted by Gasteiger charge is -2.28. The molecule has 0 unspecified atom stereocenters. The number of hydrogen-bond acceptors (Lipinski definition) is 5. The summed E-state index contributed by atoms with van der Waals surface area (Å²) in [4.78, 5) is 38.3. The van der Waals surface area contributed by atoms with Crippen LogP contribution in [0.3, 0.4) is 0 Å². The summed E-state index contributed by atoms with van der Waals surface area (Å²) in [7, 11) is 0. The number of carbonyl (C=O) groups excluding carboxylic acids is 3. The van der Waals surface area contributed by atoms with Crippen LogP contribution in [0.25, 0.3) is 0 Å². The van der Waals surface area contributed by atoms with E-state index < -0.39 is 11.4 Å². The molecule has 1 aliphatic rings. The number of anilines is 1. The SMILES string of the molecule is CSc1ccccc1NC(=O)COC(=O)C1(CC(=O)NC(C)(C)C)CCCC1. The molecule has 154 valence electrons. The van der Waals surface area contributed by atoms with Gasteiger partial charge < -0.3 is 15.4 Å². The number of thioether (sulfide) groups is 1. The van der Waals surface area contributed by atoms with E-state index in [1.807, 2.05) is 45.2 Å². The fourth-order valence-electron chi connectivity index (χ4n) is 3.49. The van der Waals surface area contributed by atoms with Gasteiger partial charge in [-0.25, -0.2) is 0 Å². The summed E-state index contributed by atoms with van der Waals surface area (Å²) < 4.78 is 5.33. The van der Waals surface area contributed by atoms with Crippen molar-refractivity contribution in [2.75, 3.05) is 18.2 Å². The van der Waals surface area contributed by atoms with E-state index in [0.29, 0.717) is 18.5 Å². The van der Waals surface area contributed by atoms with Gasteiger partial charge in [-0.3, -0.25) is 14.4 Å². The molecule has 1 aromatic rings. The van der Waals surface area contributed by atoms with E-state index in [1.54, 1.807) is 6.07 Å². The molecule has 0 atom stereocenters. The molecule has 2 amide bonds. The molecule has 2 rings (SSSR count). The molecule has 28 heavy (non-hydrogen) atoms. The standard InChI is InChI=1S/C21H30N2O4S/c1-20(2,3)23-17(24)13-21(11-7-8-12-21)19(26)27-14-18(25)22-15-9-5-6-10-16(15)28-4/h5-6,9-10H,7-8,11-14H2,1-4H3,(H,22,25)(H,23,24). The molecule has 7 heteroatoms. The number of rotatable bonds is 7. The Morgan fingerprint density at radius 2 is 1.75 bits per heavy atom. The summed E-state index contributed by atoms with van der Waals surface area (Å²) in [6, 6.07) is 7.45. The van der Waals surface area contributed by atoms with Crippen LogP contribution in [0.1, 0.15) is 52.9 Å². The van der Waals surface area contributed by atoms with Gasteiger partial charge in [0.15, 0.2) is 6.61 Å². The highest BCUT2D eigenvalue weighted by Crippen LogP contribution is 2.42. The summed E-state index contributed by atoms with van der Waals surface area (Å²) in [5.74, 6) is -1.01. The molecule has 1 aromatic carbocycles. The molecule has 0 aliphatic heterocycles. The lowest BCUT2D eigenvalue weighted by atomic mass is 9.82. The first-order valence-corrected chi connectivity index (χ1v) is 10.8. The number of ether oxygens (including phenoxy) is 1. The van der Waals surface area contributed by atoms with E-state index in [9.17, 15) is 14.4 Å². The van der Waals surface area contributed by atoms with Gasteiger partial charge >= 0.3 is 5.97 Å². The van der Waals surface area contributed by atoms with Crippen molar-refractivity contribution < 1.29 is 19.1 Å². The van der Waals surface area contributed by atoms with Crippen molar-refractivity contribution in [2.24, 2.45) is 5.41 Å². The Morgan fingerprint density at radius 3 is 2.36 bits per heavy atom. The molecule has 1 fully saturated rings. The highest BCUT2D eigenvalue weighted by Gasteiger charge is 2.44. The van der Waals surface area contributed by atoms with Crippen molar-refractivity contribution in [1.29, 1.82) is 0 Å². The third kappa shape index (κ3) is 6.26. The van der Waals surface area contributed by atoms with Gasteiger partial charge in [0, 0.05) is 16.9 Å². The first-order valence-electron chi connectivity index (χ1n) is 9.56. The number of amides is 2. The van der Waals surface area contributed by atoms with Crippen molar-refractivity contribution in [2.45, 2.75) is 63.3 Å². The van der Waals surface area contributed by atoms with Crippen LogP contribution in [-0.4, -0.2) is 36.2 Å². The highest BCUT2D eigenvalue weighted by molar-refractivity contribution is 7.98. The van der Waals surface area contributed by atoms with Crippen molar-refractivity contribution in [3.8, 4) is 0 Å². The van der Waals surface area contributed by atoms with Crippen molar-refractivity contribution in [3.63, 3.8) is 0 Å². The first kappa shape index (κ1) is 22.3. The second kappa shape index (κ2) is 9.45. The van der Waals surface area contributed by atoms with Crippen LogP contribution in [-0.2, 0) is 19.1 Å². The molecule has 1 aliphatic carbocycles. The van der Waals surface area contributed by atoms with E-state index >= 15 is 0 Å². The largest absolute Gasteiger partial charge is 0.455 e. The third-order valence-electron chi connectivity index (χ3n) is 4.72. The maximum atomic E-state index is 12.8. The zero-order chi connectivity index (χ0) is 20.8. The van der Waals surface area contributed by atoms with Crippen molar-refractivity contribution in [3.05, 3.63) is 24.3 Å². The molecule has 2 N–H and O–H groups in total. The zero-order valence-corrected chi connectivity index (χ0v) is 17.9. The quantitative estimate of drug-likeness (QED) is 0.532. The predicted octanol–water partition coefficient (Wildman–Crippen LogP) is 3.76. The fourth-order valence-corrected chi connectivity index (χ4v) is 4.05. The van der Waals surface area contributed by atoms with E-state index in [4.69, 9.17) is 4.74 Å². The number of carbonyl (C=O) groups is 3. The van der Waals surface area contributed by atoms with Crippen molar-refractivity contribution in [1.82, 2.24) is 5.32 Å². The van der Waals surface area contributed by atoms with Gasteiger partial charge in [-0.05, 0) is 52.0 Å². The Kier molecular flexibility index (Phi) is 7.52. The summed E-state index contributed by atoms with van der Waals surface area (Å²) in [6.07, 6.45) is 5.01. The fraction of sp³-hybridized carbons (Fsp3) is 0.571. The molecule has 0 spiro atoms. The van der Waals surface area contributed by atoms with Crippen LogP contribution in [0.15, 0.2) is 29.2 Å². The first-order chi connectivity index (χ1) is 13.1. The zero-order valence-electron chi connectivity index (χ0n) is 17.1. The minimum atomic E-state index is -0.827. The molecular formula is C21H30N2O4S. The Morgan fingerprint density at radius 1 is 1.11 bits per heavy atom. The van der Waals surface area contributed by atoms with Gasteiger partial charge in [-0.1, -0.05) is 25.0 Å². The second-order valence-electron chi connectivity index (χ2n) is 8.29. The molecule has 0 radical (unpaired) electrons. The van der Waals surface area contributed by atoms with Crippen LogP contribution in [0.2, 0.25) is 0 Å². The minimum Gasteiger partial charge on any atom is -0.455 e. The summed E-state index contributed by atoms with van der Waals surface area (Å²) in [5.41, 5.74) is -0.491. The van der Waals surface area contributed by atoms with Gasteiger partial charge in [-0.2, -0.15) is 0 Å². The summed E-state index contributed by atoms with van der Waals surface area (Å²) in [5, 5.41) is 5.68. The van der Waals surface area contributed by atoms with E-state index in [-0.39, 0.29) is 30.4 Å². The van der Waals surface area contributed by atoms with Gasteiger partial charge in [-0.15, -0.1) is 11.8 Å². The Balaban J connectivity index is 1.95. The molecule has 0 saturated heterocycles. The highest BCUT2D eigenvalue weighted by atomic mass is 32.2. The normalized spacial score (nSPS) is 15.7. The lowest BCUT2D eigenvalue weighted by molar-refractivity contribution is -0.160. The summed E-state index contributed by atoms with van der Waals surface area (Å²) in [6.45, 7) is 5.36. The van der Waals surface area contributed by atoms with Gasteiger partial charge in [0.05, 0.1) is 11.1 Å². The smallest absolute Gasteiger partial charge is 0.313 e. The number of hydrogen-bond donors (Lipinski definition) is 2. The Hall–Kier alpha value is -2.02. The average molecular weight is 407 g/mol. The van der Waals surface area contributed by atoms with Gasteiger partial charge in [0.25, 0.3) is 5.91 Å². The maximum absolute atomic E-state index is 12.8. The van der Waals surface area contributed by atoms with E-state index in [2.05, 4.69) is 10.6 Å². The van der Waals surface area contributed by atoms with E-state index in [0.717, 1.165) is 17.7 Å². The molecule has 6 nitrogen and oxygen atoms in total. The van der Waals surface area contributed by atoms with Crippen LogP contribution >= 0.6 is 11.8 Å². The molecule has 1 saturated carbocycles. The topological polar surface area (TPSA) is 84.5 Å². The molecular weight excluding hydrogens is 376 g/mol. The number of benzene rings is 1. The number of esters is 1. The maximum Gasteiger partial charge on any atom is 0.313 e. The Labute approximate surface area is 171 Å². The van der Waals surface area contributed by atoms with E-state index in [1.165, 1.54) is 11.8 Å². The minimum absolute atomic E-state index is 0.0973. The summed E-state index contributed by atoms with van der Waals surface area (Å²) >= 11 is 1.53. The van der Waals surface area contributed by atoms with Crippen LogP contribution < -0.4 is 10.6 Å². The predicted molar refractivity (Wildman–Crippen MR) is 111 cm³/mol. The molecule has 0 bridgehead atoms. The van der Waals surface area contributed by atoms with Gasteiger partial charge in [0.2, 0.25) is 5.91 Å². The third-order valence-corrected chi connectivity index (χ3v) is 5.52. The number of nitrogens with one attached hydrogen (secondary N) is 2. The molecule has 0 heterocycles. The average Bonchev–Trinajstić information content (AvgIpc) is 3.08. The van der Waals surface area contributed by atoms with Crippen molar-refractivity contribution >= 4 is 35.2 Å².